The molecule has 1 aromatic carbocycles. The maximum atomic E-state index is 11.1. The van der Waals surface area contributed by atoms with Crippen molar-refractivity contribution in [2.45, 2.75) is 13.5 Å². The number of aryl methyl sites for hydroxylation is 1. The number of carboxylic acid groups (broad SMARTS) is 1. The minimum Gasteiger partial charge on any atom is -0.478 e. The van der Waals surface area contributed by atoms with Crippen molar-refractivity contribution in [3.05, 3.63) is 41.0 Å². The van der Waals surface area contributed by atoms with Gasteiger partial charge in [0.15, 0.2) is 5.82 Å². The molecular weight excluding hydrogens is 254 g/mol. The van der Waals surface area contributed by atoms with Crippen molar-refractivity contribution in [2.75, 3.05) is 5.32 Å². The molecule has 0 saturated carbocycles. The molecule has 0 radical (unpaired) electrons. The monoisotopic (exact) mass is 265 g/mol. The molecule has 0 bridgehead atoms. The van der Waals surface area contributed by atoms with E-state index >= 15 is 0 Å². The lowest BCUT2D eigenvalue weighted by Gasteiger charge is -2.07. The van der Waals surface area contributed by atoms with E-state index in [-0.39, 0.29) is 5.56 Å². The van der Waals surface area contributed by atoms with Crippen LogP contribution >= 0.6 is 11.6 Å². The summed E-state index contributed by atoms with van der Waals surface area (Å²) in [5.74, 6) is -0.425. The van der Waals surface area contributed by atoms with Crippen LogP contribution in [0.15, 0.2) is 30.5 Å². The van der Waals surface area contributed by atoms with Crippen molar-refractivity contribution in [2.24, 2.45) is 0 Å². The fourth-order valence-corrected chi connectivity index (χ4v) is 1.72. The van der Waals surface area contributed by atoms with Crippen LogP contribution in [-0.2, 0) is 6.54 Å². The summed E-state index contributed by atoms with van der Waals surface area (Å²) in [6, 6.07) is 6.34. The maximum Gasteiger partial charge on any atom is 0.337 e. The SMILES string of the molecule is CCn1ccc(Nc2cc(Cl)ccc2C(=O)O)n1. The lowest BCUT2D eigenvalue weighted by Crippen LogP contribution is -2.03. The van der Waals surface area contributed by atoms with Crippen molar-refractivity contribution >= 4 is 29.1 Å². The summed E-state index contributed by atoms with van der Waals surface area (Å²) < 4.78 is 1.74. The number of benzene rings is 1. The van der Waals surface area contributed by atoms with Gasteiger partial charge in [0.2, 0.25) is 0 Å². The Morgan fingerprint density at radius 1 is 1.50 bits per heavy atom. The molecule has 2 aromatic rings. The zero-order valence-corrected chi connectivity index (χ0v) is 10.5. The number of anilines is 2. The van der Waals surface area contributed by atoms with Gasteiger partial charge in [0.05, 0.1) is 11.3 Å². The van der Waals surface area contributed by atoms with Crippen LogP contribution < -0.4 is 5.32 Å². The minimum atomic E-state index is -1.01. The molecule has 6 heteroatoms. The predicted octanol–water partition coefficient (Wildman–Crippen LogP) is 3.00. The Balaban J connectivity index is 2.32. The van der Waals surface area contributed by atoms with E-state index in [2.05, 4.69) is 10.4 Å². The van der Waals surface area contributed by atoms with Gasteiger partial charge in [-0.1, -0.05) is 11.6 Å². The summed E-state index contributed by atoms with van der Waals surface area (Å²) in [4.78, 5) is 11.1. The molecule has 0 amide bonds. The molecule has 0 fully saturated rings. The normalized spacial score (nSPS) is 10.3. The van der Waals surface area contributed by atoms with E-state index in [0.29, 0.717) is 16.5 Å². The first-order valence-electron chi connectivity index (χ1n) is 5.43. The molecular formula is C12H12ClN3O2. The first-order chi connectivity index (χ1) is 8.60. The van der Waals surface area contributed by atoms with E-state index in [1.54, 1.807) is 22.9 Å². The smallest absolute Gasteiger partial charge is 0.337 e. The molecule has 94 valence electrons. The molecule has 0 spiro atoms. The topological polar surface area (TPSA) is 67.2 Å². The third kappa shape index (κ3) is 2.62. The van der Waals surface area contributed by atoms with E-state index in [9.17, 15) is 4.79 Å². The number of carboxylic acids is 1. The molecule has 0 atom stereocenters. The van der Waals surface area contributed by atoms with E-state index in [0.717, 1.165) is 6.54 Å². The maximum absolute atomic E-state index is 11.1. The van der Waals surface area contributed by atoms with Gasteiger partial charge in [-0.05, 0) is 25.1 Å². The number of carbonyl (C=O) groups is 1. The second-order valence-electron chi connectivity index (χ2n) is 3.68. The van der Waals surface area contributed by atoms with Gasteiger partial charge in [-0.15, -0.1) is 0 Å². The molecule has 0 saturated heterocycles. The average Bonchev–Trinajstić information content (AvgIpc) is 2.76. The van der Waals surface area contributed by atoms with Crippen molar-refractivity contribution in [1.82, 2.24) is 9.78 Å². The number of aromatic carboxylic acids is 1. The van der Waals surface area contributed by atoms with Crippen LogP contribution in [0.4, 0.5) is 11.5 Å². The summed E-state index contributed by atoms with van der Waals surface area (Å²) in [5.41, 5.74) is 0.585. The highest BCUT2D eigenvalue weighted by molar-refractivity contribution is 6.31. The molecule has 5 nitrogen and oxygen atoms in total. The van der Waals surface area contributed by atoms with E-state index in [4.69, 9.17) is 16.7 Å². The number of nitrogens with zero attached hydrogens (tertiary/aromatic N) is 2. The number of rotatable bonds is 4. The molecule has 1 aromatic heterocycles. The number of halogens is 1. The second kappa shape index (κ2) is 5.10. The van der Waals surface area contributed by atoms with Crippen LogP contribution in [-0.4, -0.2) is 20.9 Å². The summed E-state index contributed by atoms with van der Waals surface area (Å²) in [5, 5.41) is 16.7. The van der Waals surface area contributed by atoms with Gasteiger partial charge in [-0.2, -0.15) is 5.10 Å². The summed E-state index contributed by atoms with van der Waals surface area (Å²) >= 11 is 5.86. The van der Waals surface area contributed by atoms with Gasteiger partial charge in [0.1, 0.15) is 0 Å². The molecule has 0 aliphatic heterocycles. The second-order valence-corrected chi connectivity index (χ2v) is 4.11. The van der Waals surface area contributed by atoms with E-state index in [1.807, 2.05) is 13.1 Å². The molecule has 1 heterocycles. The summed E-state index contributed by atoms with van der Waals surface area (Å²) in [6.07, 6.45) is 1.81. The largest absolute Gasteiger partial charge is 0.478 e. The Labute approximate surface area is 109 Å². The molecule has 0 aliphatic rings. The van der Waals surface area contributed by atoms with Crippen LogP contribution in [0.25, 0.3) is 0 Å². The average molecular weight is 266 g/mol. The van der Waals surface area contributed by atoms with Crippen LogP contribution in [0, 0.1) is 0 Å². The fraction of sp³-hybridized carbons (Fsp3) is 0.167. The van der Waals surface area contributed by atoms with Gasteiger partial charge in [0, 0.05) is 23.8 Å². The van der Waals surface area contributed by atoms with Crippen molar-refractivity contribution in [3.63, 3.8) is 0 Å². The highest BCUT2D eigenvalue weighted by Gasteiger charge is 2.11. The Hall–Kier alpha value is -2.01. The van der Waals surface area contributed by atoms with Gasteiger partial charge >= 0.3 is 5.97 Å². The summed E-state index contributed by atoms with van der Waals surface area (Å²) in [6.45, 7) is 2.72. The zero-order chi connectivity index (χ0) is 13.1. The lowest BCUT2D eigenvalue weighted by molar-refractivity contribution is 0.0698. The van der Waals surface area contributed by atoms with Crippen LogP contribution in [0.3, 0.4) is 0 Å². The van der Waals surface area contributed by atoms with Crippen LogP contribution in [0.5, 0.6) is 0 Å². The van der Waals surface area contributed by atoms with Crippen molar-refractivity contribution in [3.8, 4) is 0 Å². The Bertz CT molecular complexity index is 580. The Kier molecular flexibility index (Phi) is 3.53. The standard InChI is InChI=1S/C12H12ClN3O2/c1-2-16-6-5-11(15-16)14-10-7-8(13)3-4-9(10)12(17)18/h3-7H,2H2,1H3,(H,14,15)(H,17,18). The lowest BCUT2D eigenvalue weighted by atomic mass is 10.2. The van der Waals surface area contributed by atoms with Gasteiger partial charge in [-0.25, -0.2) is 4.79 Å². The van der Waals surface area contributed by atoms with Gasteiger partial charge in [-0.3, -0.25) is 4.68 Å². The summed E-state index contributed by atoms with van der Waals surface area (Å²) in [7, 11) is 0. The van der Waals surface area contributed by atoms with Crippen LogP contribution in [0.2, 0.25) is 5.02 Å². The van der Waals surface area contributed by atoms with Crippen molar-refractivity contribution < 1.29 is 9.90 Å². The van der Waals surface area contributed by atoms with Crippen molar-refractivity contribution in [1.29, 1.82) is 0 Å². The Morgan fingerprint density at radius 2 is 2.28 bits per heavy atom. The number of nitrogens with one attached hydrogen (secondary N) is 1. The molecule has 18 heavy (non-hydrogen) atoms. The predicted molar refractivity (Wildman–Crippen MR) is 69.6 cm³/mol. The number of hydrogen-bond acceptors (Lipinski definition) is 3. The number of hydrogen-bond donors (Lipinski definition) is 2. The molecule has 0 aliphatic carbocycles. The zero-order valence-electron chi connectivity index (χ0n) is 9.72. The minimum absolute atomic E-state index is 0.158. The molecule has 2 N–H and O–H groups in total. The highest BCUT2D eigenvalue weighted by Crippen LogP contribution is 2.24. The fourth-order valence-electron chi connectivity index (χ4n) is 1.55. The first kappa shape index (κ1) is 12.4. The quantitative estimate of drug-likeness (QED) is 0.892. The number of aromatic nitrogens is 2. The van der Waals surface area contributed by atoms with Gasteiger partial charge in [0.25, 0.3) is 0 Å². The molecule has 2 rings (SSSR count). The molecule has 0 unspecified atom stereocenters. The van der Waals surface area contributed by atoms with Crippen LogP contribution in [0.1, 0.15) is 17.3 Å². The third-order valence-electron chi connectivity index (χ3n) is 2.44. The Morgan fingerprint density at radius 3 is 2.89 bits per heavy atom. The van der Waals surface area contributed by atoms with E-state index in [1.165, 1.54) is 6.07 Å². The van der Waals surface area contributed by atoms with E-state index < -0.39 is 5.97 Å². The van der Waals surface area contributed by atoms with Gasteiger partial charge < -0.3 is 10.4 Å². The third-order valence-corrected chi connectivity index (χ3v) is 2.67. The first-order valence-corrected chi connectivity index (χ1v) is 5.81. The highest BCUT2D eigenvalue weighted by atomic mass is 35.5.